The predicted octanol–water partition coefficient (Wildman–Crippen LogP) is 5.72. The van der Waals surface area contributed by atoms with Gasteiger partial charge in [0.05, 0.1) is 19.4 Å². The van der Waals surface area contributed by atoms with Crippen LogP contribution in [0.1, 0.15) is 42.8 Å². The number of piperidine rings is 1. The monoisotopic (exact) mass is 464 g/mol. The second-order valence-electron chi connectivity index (χ2n) is 9.61. The van der Waals surface area contributed by atoms with Crippen LogP contribution >= 0.6 is 0 Å². The number of halogens is 1. The fourth-order valence-electron chi connectivity index (χ4n) is 4.30. The normalized spacial score (nSPS) is 15.3. The van der Waals surface area contributed by atoms with E-state index in [2.05, 4.69) is 10.2 Å². The maximum absolute atomic E-state index is 13.8. The molecule has 1 aromatic heterocycles. The van der Waals surface area contributed by atoms with E-state index in [-0.39, 0.29) is 5.91 Å². The number of likely N-dealkylation sites (tertiary alicyclic amines) is 1. The van der Waals surface area contributed by atoms with Gasteiger partial charge in [-0.1, -0.05) is 24.3 Å². The van der Waals surface area contributed by atoms with Crippen molar-refractivity contribution >= 4 is 5.91 Å². The van der Waals surface area contributed by atoms with E-state index in [1.165, 1.54) is 0 Å². The summed E-state index contributed by atoms with van der Waals surface area (Å²) in [4.78, 5) is 14.5. The molecule has 0 aliphatic carbocycles. The average molecular weight is 465 g/mol. The molecule has 1 N–H and O–H groups in total. The minimum Gasteiger partial charge on any atom is -0.493 e. The Morgan fingerprint density at radius 1 is 1.06 bits per heavy atom. The number of benzene rings is 2. The summed E-state index contributed by atoms with van der Waals surface area (Å²) in [5.74, 6) is 1.94. The van der Waals surface area contributed by atoms with Gasteiger partial charge in [0.1, 0.15) is 17.2 Å². The van der Waals surface area contributed by atoms with E-state index in [9.17, 15) is 9.18 Å². The molecule has 1 fully saturated rings. The molecule has 1 aliphatic rings. The first-order valence-electron chi connectivity index (χ1n) is 11.9. The van der Waals surface area contributed by atoms with Gasteiger partial charge in [-0.3, -0.25) is 4.79 Å². The Kier molecular flexibility index (Phi) is 7.68. The third-order valence-electron chi connectivity index (χ3n) is 6.13. The Morgan fingerprint density at radius 2 is 1.71 bits per heavy atom. The van der Waals surface area contributed by atoms with Gasteiger partial charge >= 0.3 is 0 Å². The summed E-state index contributed by atoms with van der Waals surface area (Å²) in [6, 6.07) is 19.2. The Labute approximate surface area is 200 Å². The van der Waals surface area contributed by atoms with Crippen molar-refractivity contribution < 1.29 is 18.3 Å². The molecule has 1 saturated heterocycles. The molecular formula is C28H33FN2O3. The van der Waals surface area contributed by atoms with Crippen LogP contribution in [0, 0.1) is 5.92 Å². The van der Waals surface area contributed by atoms with Gasteiger partial charge in [0, 0.05) is 12.1 Å². The van der Waals surface area contributed by atoms with Gasteiger partial charge in [-0.25, -0.2) is 4.39 Å². The van der Waals surface area contributed by atoms with E-state index in [4.69, 9.17) is 9.15 Å². The van der Waals surface area contributed by atoms with Crippen LogP contribution in [0.25, 0.3) is 11.1 Å². The highest BCUT2D eigenvalue weighted by Crippen LogP contribution is 2.25. The molecule has 180 valence electrons. The molecule has 34 heavy (non-hydrogen) atoms. The van der Waals surface area contributed by atoms with E-state index >= 15 is 0 Å². The third kappa shape index (κ3) is 6.94. The lowest BCUT2D eigenvalue weighted by atomic mass is 9.97. The molecule has 0 bridgehead atoms. The number of rotatable bonds is 9. The minimum atomic E-state index is -1.14. The van der Waals surface area contributed by atoms with Crippen molar-refractivity contribution in [1.29, 1.82) is 0 Å². The number of carbonyl (C=O) groups excluding carboxylic acids is 1. The van der Waals surface area contributed by atoms with Crippen LogP contribution in [-0.4, -0.2) is 42.7 Å². The van der Waals surface area contributed by atoms with Gasteiger partial charge in [-0.2, -0.15) is 0 Å². The smallest absolute Gasteiger partial charge is 0.251 e. The van der Waals surface area contributed by atoms with E-state index in [1.54, 1.807) is 26.2 Å². The predicted molar refractivity (Wildman–Crippen MR) is 132 cm³/mol. The highest BCUT2D eigenvalue weighted by molar-refractivity contribution is 5.94. The van der Waals surface area contributed by atoms with Gasteiger partial charge in [-0.05, 0) is 93.2 Å². The number of carbonyl (C=O) groups is 1. The number of hydrogen-bond acceptors (Lipinski definition) is 4. The lowest BCUT2D eigenvalue weighted by Crippen LogP contribution is -2.41. The molecule has 6 heteroatoms. The van der Waals surface area contributed by atoms with Crippen LogP contribution in [0.5, 0.6) is 5.75 Å². The molecular weight excluding hydrogens is 431 g/mol. The van der Waals surface area contributed by atoms with Crippen molar-refractivity contribution in [2.75, 3.05) is 26.2 Å². The molecule has 1 amide bonds. The number of hydrogen-bond donors (Lipinski definition) is 1. The van der Waals surface area contributed by atoms with Gasteiger partial charge in [0.15, 0.2) is 0 Å². The molecule has 5 nitrogen and oxygen atoms in total. The van der Waals surface area contributed by atoms with Gasteiger partial charge < -0.3 is 19.4 Å². The SMILES string of the molecule is CC(C)(F)CN1CCC(COc2ccc(-c3ccc(C(=O)NCc4ccco4)cc3)cc2)CC1. The molecule has 1 aliphatic heterocycles. The van der Waals surface area contributed by atoms with Crippen molar-refractivity contribution in [3.8, 4) is 16.9 Å². The van der Waals surface area contributed by atoms with Crippen LogP contribution in [-0.2, 0) is 6.54 Å². The Bertz CT molecular complexity index is 1030. The van der Waals surface area contributed by atoms with Gasteiger partial charge in [0.25, 0.3) is 5.91 Å². The van der Waals surface area contributed by atoms with Crippen molar-refractivity contribution in [3.05, 3.63) is 78.3 Å². The van der Waals surface area contributed by atoms with Crippen molar-refractivity contribution in [3.63, 3.8) is 0 Å². The van der Waals surface area contributed by atoms with Crippen LogP contribution in [0.2, 0.25) is 0 Å². The minimum absolute atomic E-state index is 0.133. The zero-order chi connectivity index (χ0) is 24.0. The first-order chi connectivity index (χ1) is 16.4. The summed E-state index contributed by atoms with van der Waals surface area (Å²) in [7, 11) is 0. The second-order valence-corrected chi connectivity index (χ2v) is 9.61. The Hall–Kier alpha value is -3.12. The lowest BCUT2D eigenvalue weighted by molar-refractivity contribution is 0.0836. The summed E-state index contributed by atoms with van der Waals surface area (Å²) in [5.41, 5.74) is 1.57. The summed E-state index contributed by atoms with van der Waals surface area (Å²) < 4.78 is 25.1. The topological polar surface area (TPSA) is 54.7 Å². The Balaban J connectivity index is 1.24. The average Bonchev–Trinajstić information content (AvgIpc) is 3.35. The first-order valence-corrected chi connectivity index (χ1v) is 11.9. The molecule has 3 aromatic rings. The van der Waals surface area contributed by atoms with Crippen LogP contribution in [0.15, 0.2) is 71.3 Å². The van der Waals surface area contributed by atoms with Crippen molar-refractivity contribution in [2.45, 2.75) is 38.9 Å². The van der Waals surface area contributed by atoms with E-state index < -0.39 is 5.67 Å². The van der Waals surface area contributed by atoms with Crippen molar-refractivity contribution in [1.82, 2.24) is 10.2 Å². The van der Waals surface area contributed by atoms with Gasteiger partial charge in [-0.15, -0.1) is 0 Å². The third-order valence-corrected chi connectivity index (χ3v) is 6.13. The zero-order valence-corrected chi connectivity index (χ0v) is 19.9. The molecule has 0 saturated carbocycles. The fourth-order valence-corrected chi connectivity index (χ4v) is 4.30. The summed E-state index contributed by atoms with van der Waals surface area (Å²) in [5, 5.41) is 2.85. The number of nitrogens with zero attached hydrogens (tertiary/aromatic N) is 1. The van der Waals surface area contributed by atoms with Crippen molar-refractivity contribution in [2.24, 2.45) is 5.92 Å². The molecule has 0 radical (unpaired) electrons. The van der Waals surface area contributed by atoms with Crippen LogP contribution < -0.4 is 10.1 Å². The number of nitrogens with one attached hydrogen (secondary N) is 1. The van der Waals surface area contributed by atoms with E-state index in [0.29, 0.717) is 31.2 Å². The van der Waals surface area contributed by atoms with E-state index in [0.717, 1.165) is 48.6 Å². The number of ether oxygens (including phenoxy) is 1. The second kappa shape index (κ2) is 10.9. The molecule has 2 aromatic carbocycles. The number of alkyl halides is 1. The zero-order valence-electron chi connectivity index (χ0n) is 19.9. The summed E-state index contributed by atoms with van der Waals surface area (Å²) in [6.45, 7) is 6.69. The molecule has 0 spiro atoms. The molecule has 2 heterocycles. The van der Waals surface area contributed by atoms with Crippen LogP contribution in [0.3, 0.4) is 0 Å². The van der Waals surface area contributed by atoms with Crippen LogP contribution in [0.4, 0.5) is 4.39 Å². The highest BCUT2D eigenvalue weighted by Gasteiger charge is 2.25. The number of furan rings is 1. The summed E-state index contributed by atoms with van der Waals surface area (Å²) in [6.07, 6.45) is 3.66. The van der Waals surface area contributed by atoms with E-state index in [1.807, 2.05) is 54.6 Å². The first kappa shape index (κ1) is 24.0. The fraction of sp³-hybridized carbons (Fsp3) is 0.393. The molecule has 0 atom stereocenters. The maximum atomic E-state index is 13.8. The maximum Gasteiger partial charge on any atom is 0.251 e. The highest BCUT2D eigenvalue weighted by atomic mass is 19.1. The lowest BCUT2D eigenvalue weighted by Gasteiger charge is -2.34. The number of amides is 1. The Morgan fingerprint density at radius 3 is 2.29 bits per heavy atom. The summed E-state index contributed by atoms with van der Waals surface area (Å²) >= 11 is 0. The molecule has 4 rings (SSSR count). The molecule has 0 unspecified atom stereocenters. The standard InChI is InChI=1S/C28H33FN2O3/c1-28(2,29)20-31-15-13-21(14-16-31)19-34-25-11-9-23(10-12-25)22-5-7-24(8-6-22)27(32)30-18-26-4-3-17-33-26/h3-12,17,21H,13-16,18-20H2,1-2H3,(H,30,32). The van der Waals surface area contributed by atoms with Gasteiger partial charge in [0.2, 0.25) is 0 Å². The largest absolute Gasteiger partial charge is 0.493 e. The quantitative estimate of drug-likeness (QED) is 0.440.